The van der Waals surface area contributed by atoms with Crippen molar-refractivity contribution < 1.29 is 14.3 Å². The summed E-state index contributed by atoms with van der Waals surface area (Å²) in [5, 5.41) is 3.58. The fourth-order valence-electron chi connectivity index (χ4n) is 2.89. The molecule has 1 fully saturated rings. The van der Waals surface area contributed by atoms with E-state index in [1.165, 1.54) is 25.5 Å². The predicted octanol–water partition coefficient (Wildman–Crippen LogP) is 4.27. The van der Waals surface area contributed by atoms with E-state index in [9.17, 15) is 9.59 Å². The molecule has 126 valence electrons. The lowest BCUT2D eigenvalue weighted by Crippen LogP contribution is -2.43. The highest BCUT2D eigenvalue weighted by Gasteiger charge is 2.23. The van der Waals surface area contributed by atoms with Crippen LogP contribution in [0, 0.1) is 5.92 Å². The molecule has 6 heteroatoms. The lowest BCUT2D eigenvalue weighted by Gasteiger charge is -2.29. The minimum atomic E-state index is -0.217. The second kappa shape index (κ2) is 8.02. The van der Waals surface area contributed by atoms with Crippen LogP contribution in [-0.4, -0.2) is 24.3 Å². The van der Waals surface area contributed by atoms with Gasteiger partial charge >= 0.3 is 0 Å². The van der Waals surface area contributed by atoms with Gasteiger partial charge in [-0.3, -0.25) is 9.59 Å². The first-order valence-electron chi connectivity index (χ1n) is 7.80. The zero-order valence-corrected chi connectivity index (χ0v) is 14.8. The first-order chi connectivity index (χ1) is 10.9. The molecule has 4 nitrogen and oxygen atoms in total. The maximum absolute atomic E-state index is 12.1. The van der Waals surface area contributed by atoms with Crippen molar-refractivity contribution in [2.75, 3.05) is 6.61 Å². The van der Waals surface area contributed by atoms with E-state index in [1.807, 2.05) is 0 Å². The van der Waals surface area contributed by atoms with Gasteiger partial charge in [-0.25, -0.2) is 0 Å². The van der Waals surface area contributed by atoms with Gasteiger partial charge in [-0.1, -0.05) is 43.0 Å². The van der Waals surface area contributed by atoms with Crippen LogP contribution in [0.5, 0.6) is 5.75 Å². The summed E-state index contributed by atoms with van der Waals surface area (Å²) in [6, 6.07) is 3.17. The summed E-state index contributed by atoms with van der Waals surface area (Å²) in [5.74, 6) is 0.255. The molecule has 1 saturated carbocycles. The maximum atomic E-state index is 12.1. The van der Waals surface area contributed by atoms with Crippen LogP contribution in [0.3, 0.4) is 0 Å². The number of ether oxygens (including phenoxy) is 1. The van der Waals surface area contributed by atoms with E-state index in [0.29, 0.717) is 10.9 Å². The molecule has 0 aromatic heterocycles. The van der Waals surface area contributed by atoms with Crippen molar-refractivity contribution in [1.29, 1.82) is 0 Å². The van der Waals surface area contributed by atoms with Gasteiger partial charge in [-0.05, 0) is 37.8 Å². The molecule has 23 heavy (non-hydrogen) atoms. The van der Waals surface area contributed by atoms with Gasteiger partial charge in [0.1, 0.15) is 5.75 Å². The number of benzene rings is 1. The highest BCUT2D eigenvalue weighted by molar-refractivity contribution is 6.36. The first kappa shape index (κ1) is 18.1. The van der Waals surface area contributed by atoms with Crippen molar-refractivity contribution in [3.05, 3.63) is 27.7 Å². The summed E-state index contributed by atoms with van der Waals surface area (Å²) in [4.78, 5) is 23.8. The molecule has 2 atom stereocenters. The number of rotatable bonds is 5. The van der Waals surface area contributed by atoms with Crippen LogP contribution >= 0.6 is 23.2 Å². The zero-order chi connectivity index (χ0) is 17.0. The molecule has 1 aromatic rings. The third-order valence-corrected chi connectivity index (χ3v) is 4.69. The van der Waals surface area contributed by atoms with E-state index < -0.39 is 0 Å². The van der Waals surface area contributed by atoms with Crippen LogP contribution in [-0.2, 0) is 4.79 Å². The second-order valence-electron chi connectivity index (χ2n) is 6.04. The molecule has 0 saturated heterocycles. The number of amides is 1. The van der Waals surface area contributed by atoms with Gasteiger partial charge in [0.25, 0.3) is 5.91 Å². The number of halogens is 2. The Morgan fingerprint density at radius 2 is 1.96 bits per heavy atom. The first-order valence-corrected chi connectivity index (χ1v) is 8.56. The van der Waals surface area contributed by atoms with E-state index in [-0.39, 0.29) is 40.7 Å². The maximum Gasteiger partial charge on any atom is 0.258 e. The smallest absolute Gasteiger partial charge is 0.258 e. The lowest BCUT2D eigenvalue weighted by atomic mass is 9.86. The standard InChI is InChI=1S/C17H21Cl2NO3/c1-10-5-3-4-6-15(10)20-16(22)9-23-17-13(11(2)21)7-12(18)8-14(17)19/h7-8,10,15H,3-6,9H2,1-2H3,(H,20,22)/t10-,15+/m1/s1. The Labute approximate surface area is 146 Å². The Kier molecular flexibility index (Phi) is 6.31. The van der Waals surface area contributed by atoms with Crippen molar-refractivity contribution in [2.24, 2.45) is 5.92 Å². The Hall–Kier alpha value is -1.26. The monoisotopic (exact) mass is 357 g/mol. The van der Waals surface area contributed by atoms with Gasteiger partial charge in [0.2, 0.25) is 0 Å². The van der Waals surface area contributed by atoms with Crippen LogP contribution in [0.1, 0.15) is 49.9 Å². The van der Waals surface area contributed by atoms with Crippen molar-refractivity contribution >= 4 is 34.9 Å². The molecule has 1 N–H and O–H groups in total. The van der Waals surface area contributed by atoms with Crippen molar-refractivity contribution in [3.8, 4) is 5.75 Å². The fraction of sp³-hybridized carbons (Fsp3) is 0.529. The molecule has 1 aliphatic rings. The molecule has 0 bridgehead atoms. The number of hydrogen-bond donors (Lipinski definition) is 1. The van der Waals surface area contributed by atoms with Crippen LogP contribution < -0.4 is 10.1 Å². The Morgan fingerprint density at radius 3 is 2.61 bits per heavy atom. The van der Waals surface area contributed by atoms with E-state index >= 15 is 0 Å². The highest BCUT2D eigenvalue weighted by atomic mass is 35.5. The molecule has 2 rings (SSSR count). The summed E-state index contributed by atoms with van der Waals surface area (Å²) < 4.78 is 5.50. The Bertz CT molecular complexity index is 604. The molecule has 0 unspecified atom stereocenters. The second-order valence-corrected chi connectivity index (χ2v) is 6.89. The van der Waals surface area contributed by atoms with Gasteiger partial charge in [0.05, 0.1) is 10.6 Å². The van der Waals surface area contributed by atoms with Crippen molar-refractivity contribution in [3.63, 3.8) is 0 Å². The number of carbonyl (C=O) groups excluding carboxylic acids is 2. The van der Waals surface area contributed by atoms with Gasteiger partial charge < -0.3 is 10.1 Å². The molecule has 0 radical (unpaired) electrons. The molecule has 1 amide bonds. The average Bonchev–Trinajstić information content (AvgIpc) is 2.48. The molecular weight excluding hydrogens is 337 g/mol. The zero-order valence-electron chi connectivity index (χ0n) is 13.3. The Balaban J connectivity index is 2.00. The van der Waals surface area contributed by atoms with E-state index in [2.05, 4.69) is 12.2 Å². The molecule has 0 heterocycles. The molecule has 0 aliphatic heterocycles. The fourth-order valence-corrected chi connectivity index (χ4v) is 3.43. The van der Waals surface area contributed by atoms with Gasteiger partial charge in [0.15, 0.2) is 12.4 Å². The summed E-state index contributed by atoms with van der Waals surface area (Å²) in [7, 11) is 0. The topological polar surface area (TPSA) is 55.4 Å². The van der Waals surface area contributed by atoms with E-state index in [0.717, 1.165) is 19.3 Å². The van der Waals surface area contributed by atoms with Crippen LogP contribution in [0.2, 0.25) is 10.0 Å². The third-order valence-electron chi connectivity index (χ3n) is 4.19. The minimum Gasteiger partial charge on any atom is -0.481 e. The van der Waals surface area contributed by atoms with Gasteiger partial charge in [0, 0.05) is 11.1 Å². The van der Waals surface area contributed by atoms with Crippen molar-refractivity contribution in [2.45, 2.75) is 45.6 Å². The molecule has 1 aromatic carbocycles. The van der Waals surface area contributed by atoms with E-state index in [4.69, 9.17) is 27.9 Å². The summed E-state index contributed by atoms with van der Waals surface area (Å²) in [6.07, 6.45) is 4.47. The lowest BCUT2D eigenvalue weighted by molar-refractivity contribution is -0.124. The van der Waals surface area contributed by atoms with Gasteiger partial charge in [-0.15, -0.1) is 0 Å². The van der Waals surface area contributed by atoms with Crippen molar-refractivity contribution in [1.82, 2.24) is 5.32 Å². The number of hydrogen-bond acceptors (Lipinski definition) is 3. The van der Waals surface area contributed by atoms with Gasteiger partial charge in [-0.2, -0.15) is 0 Å². The predicted molar refractivity (Wildman–Crippen MR) is 91.5 cm³/mol. The third kappa shape index (κ3) is 4.85. The summed E-state index contributed by atoms with van der Waals surface area (Å²) in [5.41, 5.74) is 0.279. The van der Waals surface area contributed by atoms with Crippen LogP contribution in [0.15, 0.2) is 12.1 Å². The molecular formula is C17H21Cl2NO3. The van der Waals surface area contributed by atoms with Crippen LogP contribution in [0.4, 0.5) is 0 Å². The average molecular weight is 358 g/mol. The quantitative estimate of drug-likeness (QED) is 0.800. The normalized spacial score (nSPS) is 20.9. The number of ketones is 1. The number of Topliss-reactive ketones (excluding diaryl/α,β-unsaturated/α-hetero) is 1. The van der Waals surface area contributed by atoms with E-state index in [1.54, 1.807) is 0 Å². The number of carbonyl (C=O) groups is 2. The Morgan fingerprint density at radius 1 is 1.26 bits per heavy atom. The molecule has 0 spiro atoms. The summed E-state index contributed by atoms with van der Waals surface area (Å²) in [6.45, 7) is 3.37. The molecule has 1 aliphatic carbocycles. The minimum absolute atomic E-state index is 0.176. The SMILES string of the molecule is CC(=O)c1cc(Cl)cc(Cl)c1OCC(=O)N[C@H]1CCCC[C@H]1C. The highest BCUT2D eigenvalue weighted by Crippen LogP contribution is 2.32. The largest absolute Gasteiger partial charge is 0.481 e. The number of nitrogens with one attached hydrogen (secondary N) is 1. The van der Waals surface area contributed by atoms with Crippen LogP contribution in [0.25, 0.3) is 0 Å². The summed E-state index contributed by atoms with van der Waals surface area (Å²) >= 11 is 12.0.